The van der Waals surface area contributed by atoms with Gasteiger partial charge in [-0.3, -0.25) is 9.69 Å². The summed E-state index contributed by atoms with van der Waals surface area (Å²) >= 11 is 0. The molecule has 0 amide bonds. The van der Waals surface area contributed by atoms with Gasteiger partial charge in [-0.25, -0.2) is 18.2 Å². The van der Waals surface area contributed by atoms with Crippen LogP contribution in [0, 0.1) is 17.1 Å². The van der Waals surface area contributed by atoms with Crippen molar-refractivity contribution in [2.75, 3.05) is 18.0 Å². The molecule has 3 aromatic rings. The summed E-state index contributed by atoms with van der Waals surface area (Å²) in [4.78, 5) is 20.7. The minimum absolute atomic E-state index is 0.00498. The Morgan fingerprint density at radius 3 is 2.47 bits per heavy atom. The van der Waals surface area contributed by atoms with Crippen molar-refractivity contribution >= 4 is 16.7 Å². The highest BCUT2D eigenvalue weighted by atomic mass is 19.4. The van der Waals surface area contributed by atoms with E-state index in [1.807, 2.05) is 11.0 Å². The quantitative estimate of drug-likeness (QED) is 0.431. The highest BCUT2D eigenvalue weighted by molar-refractivity contribution is 5.91. The predicted octanol–water partition coefficient (Wildman–Crippen LogP) is 4.88. The van der Waals surface area contributed by atoms with Crippen molar-refractivity contribution in [3.63, 3.8) is 0 Å². The summed E-state index contributed by atoms with van der Waals surface area (Å²) in [6.45, 7) is 4.02. The van der Waals surface area contributed by atoms with Crippen LogP contribution in [-0.4, -0.2) is 46.0 Å². The lowest BCUT2D eigenvalue weighted by Gasteiger charge is -2.46. The van der Waals surface area contributed by atoms with Gasteiger partial charge in [0.25, 0.3) is 12.0 Å². The molecular weight excluding hydrogens is 516 g/mol. The number of piperazine rings is 1. The van der Waals surface area contributed by atoms with Gasteiger partial charge in [-0.05, 0) is 32.0 Å². The maximum atomic E-state index is 14.6. The second kappa shape index (κ2) is 10.2. The van der Waals surface area contributed by atoms with Crippen LogP contribution >= 0.6 is 0 Å². The van der Waals surface area contributed by atoms with Crippen LogP contribution in [0.4, 0.5) is 32.0 Å². The van der Waals surface area contributed by atoms with Crippen LogP contribution in [0.1, 0.15) is 37.1 Å². The molecule has 2 atom stereocenters. The number of halogens is 6. The Balaban J connectivity index is 1.68. The largest absolute Gasteiger partial charge is 0.573 e. The first-order chi connectivity index (χ1) is 17.8. The molecule has 3 heterocycles. The number of ether oxygens (including phenoxy) is 1. The van der Waals surface area contributed by atoms with Gasteiger partial charge in [0, 0.05) is 50.4 Å². The number of hydrogen-bond donors (Lipinski definition) is 0. The minimum Gasteiger partial charge on any atom is -0.406 e. The molecule has 0 bridgehead atoms. The molecule has 1 aliphatic rings. The lowest BCUT2D eigenvalue weighted by molar-refractivity contribution is -0.274. The van der Waals surface area contributed by atoms with Gasteiger partial charge in [0.05, 0.1) is 11.2 Å². The number of benzene rings is 1. The standard InChI is InChI=1S/C25H23F6N5O2/c1-13-11-36(14(2)10-35(13)12-15-4-6-17(8-18(15)26)38-25(29,30)31)22-20(23(27)28)24(37)34(3)19-7-5-16(9-32)33-21(19)22/h4-8,13-14,23H,10-12H2,1-3H3/t13-,14+/m1/s1. The molecule has 0 radical (unpaired) electrons. The summed E-state index contributed by atoms with van der Waals surface area (Å²) in [5, 5.41) is 9.32. The minimum atomic E-state index is -4.95. The van der Waals surface area contributed by atoms with Crippen LogP contribution in [0.2, 0.25) is 0 Å². The smallest absolute Gasteiger partial charge is 0.406 e. The predicted molar refractivity (Wildman–Crippen MR) is 126 cm³/mol. The molecule has 1 aliphatic heterocycles. The molecule has 4 rings (SSSR count). The number of nitriles is 1. The Bertz CT molecular complexity index is 1470. The van der Waals surface area contributed by atoms with Crippen molar-refractivity contribution in [3.8, 4) is 11.8 Å². The van der Waals surface area contributed by atoms with Crippen molar-refractivity contribution in [1.29, 1.82) is 5.26 Å². The second-order valence-corrected chi connectivity index (χ2v) is 9.18. The maximum Gasteiger partial charge on any atom is 0.573 e. The normalized spacial score (nSPS) is 18.7. The van der Waals surface area contributed by atoms with Gasteiger partial charge in [0.2, 0.25) is 0 Å². The molecule has 0 aliphatic carbocycles. The zero-order valence-electron chi connectivity index (χ0n) is 20.6. The number of pyridine rings is 2. The van der Waals surface area contributed by atoms with Crippen LogP contribution < -0.4 is 15.2 Å². The third-order valence-electron chi connectivity index (χ3n) is 6.62. The van der Waals surface area contributed by atoms with Crippen molar-refractivity contribution in [2.24, 2.45) is 7.05 Å². The number of alkyl halides is 5. The van der Waals surface area contributed by atoms with Crippen LogP contribution in [0.5, 0.6) is 5.75 Å². The molecule has 1 fully saturated rings. The highest BCUT2D eigenvalue weighted by Crippen LogP contribution is 2.36. The Kier molecular flexibility index (Phi) is 7.29. The fourth-order valence-corrected chi connectivity index (χ4v) is 4.77. The van der Waals surface area contributed by atoms with E-state index in [9.17, 15) is 36.4 Å². The zero-order chi connectivity index (χ0) is 27.9. The average Bonchev–Trinajstić information content (AvgIpc) is 2.83. The Labute approximate surface area is 213 Å². The number of anilines is 1. The Morgan fingerprint density at radius 1 is 1.16 bits per heavy atom. The first kappa shape index (κ1) is 27.3. The van der Waals surface area contributed by atoms with Crippen LogP contribution in [0.3, 0.4) is 0 Å². The first-order valence-corrected chi connectivity index (χ1v) is 11.6. The molecule has 7 nitrogen and oxygen atoms in total. The molecule has 13 heteroatoms. The summed E-state index contributed by atoms with van der Waals surface area (Å²) in [6, 6.07) is 6.89. The molecule has 1 saturated heterocycles. The monoisotopic (exact) mass is 539 g/mol. The molecule has 0 saturated carbocycles. The average molecular weight is 539 g/mol. The van der Waals surface area contributed by atoms with Crippen LogP contribution in [0.25, 0.3) is 11.0 Å². The second-order valence-electron chi connectivity index (χ2n) is 9.18. The molecule has 0 spiro atoms. The van der Waals surface area contributed by atoms with E-state index in [1.54, 1.807) is 18.7 Å². The Morgan fingerprint density at radius 2 is 1.87 bits per heavy atom. The van der Waals surface area contributed by atoms with E-state index < -0.39 is 41.5 Å². The molecule has 202 valence electrons. The molecule has 0 N–H and O–H groups in total. The third-order valence-corrected chi connectivity index (χ3v) is 6.62. The van der Waals surface area contributed by atoms with E-state index in [4.69, 9.17) is 0 Å². The van der Waals surface area contributed by atoms with E-state index in [-0.39, 0.29) is 48.1 Å². The van der Waals surface area contributed by atoms with Crippen molar-refractivity contribution in [2.45, 2.75) is 45.3 Å². The van der Waals surface area contributed by atoms with Crippen molar-refractivity contribution < 1.29 is 31.1 Å². The fourth-order valence-electron chi connectivity index (χ4n) is 4.77. The molecule has 1 aromatic carbocycles. The number of hydrogen-bond acceptors (Lipinski definition) is 6. The Hall–Kier alpha value is -3.79. The highest BCUT2D eigenvalue weighted by Gasteiger charge is 2.36. The van der Waals surface area contributed by atoms with E-state index in [0.29, 0.717) is 11.6 Å². The van der Waals surface area contributed by atoms with Crippen LogP contribution in [0.15, 0.2) is 35.1 Å². The lowest BCUT2D eigenvalue weighted by Crippen LogP contribution is -2.56. The first-order valence-electron chi connectivity index (χ1n) is 11.6. The van der Waals surface area contributed by atoms with Crippen LogP contribution in [-0.2, 0) is 13.6 Å². The van der Waals surface area contributed by atoms with E-state index >= 15 is 0 Å². The maximum absolute atomic E-state index is 14.6. The van der Waals surface area contributed by atoms with E-state index in [2.05, 4.69) is 9.72 Å². The van der Waals surface area contributed by atoms with E-state index in [1.165, 1.54) is 25.2 Å². The number of fused-ring (bicyclic) bond motifs is 1. The summed E-state index contributed by atoms with van der Waals surface area (Å²) < 4.78 is 85.2. The SMILES string of the molecule is C[C@@H]1CN(c2c(C(F)F)c(=O)n(C)c3ccc(C#N)nc23)[C@@H](C)CN1Cc1ccc(OC(F)(F)F)cc1F. The van der Waals surface area contributed by atoms with Gasteiger partial charge in [0.1, 0.15) is 34.4 Å². The number of aryl methyl sites for hydroxylation is 1. The number of rotatable bonds is 5. The lowest BCUT2D eigenvalue weighted by atomic mass is 10.0. The van der Waals surface area contributed by atoms with Gasteiger partial charge < -0.3 is 14.2 Å². The van der Waals surface area contributed by atoms with Gasteiger partial charge in [-0.15, -0.1) is 13.2 Å². The molecule has 2 aromatic heterocycles. The van der Waals surface area contributed by atoms with Crippen molar-refractivity contribution in [3.05, 3.63) is 63.3 Å². The van der Waals surface area contributed by atoms with Gasteiger partial charge >= 0.3 is 6.36 Å². The van der Waals surface area contributed by atoms with Gasteiger partial charge in [0.15, 0.2) is 0 Å². The van der Waals surface area contributed by atoms with E-state index in [0.717, 1.165) is 10.6 Å². The fraction of sp³-hybridized carbons (Fsp3) is 0.400. The summed E-state index contributed by atoms with van der Waals surface area (Å²) in [5.74, 6) is -1.55. The third kappa shape index (κ3) is 5.26. The molecule has 0 unspecified atom stereocenters. The number of aromatic nitrogens is 2. The molecular formula is C25H23F6N5O2. The summed E-state index contributed by atoms with van der Waals surface area (Å²) in [7, 11) is 1.36. The van der Waals surface area contributed by atoms with Gasteiger partial charge in [-0.1, -0.05) is 6.07 Å². The summed E-state index contributed by atoms with van der Waals surface area (Å²) in [6.07, 6.45) is -8.05. The van der Waals surface area contributed by atoms with Crippen molar-refractivity contribution in [1.82, 2.24) is 14.5 Å². The van der Waals surface area contributed by atoms with Gasteiger partial charge in [-0.2, -0.15) is 5.26 Å². The topological polar surface area (TPSA) is 74.4 Å². The molecule has 38 heavy (non-hydrogen) atoms. The summed E-state index contributed by atoms with van der Waals surface area (Å²) in [5.41, 5.74) is -1.11. The zero-order valence-corrected chi connectivity index (χ0v) is 20.6. The number of nitrogens with zero attached hydrogens (tertiary/aromatic N) is 5.